The molecule has 0 unspecified atom stereocenters. The van der Waals surface area contributed by atoms with Crippen molar-refractivity contribution in [3.05, 3.63) is 29.8 Å². The molecular weight excluding hydrogens is 304 g/mol. The molecule has 0 aliphatic carbocycles. The molecule has 2 rings (SSSR count). The van der Waals surface area contributed by atoms with E-state index in [4.69, 9.17) is 9.47 Å². The van der Waals surface area contributed by atoms with Crippen molar-refractivity contribution >= 4 is 6.03 Å². The normalized spacial score (nSPS) is 17.6. The number of nitrogens with zero attached hydrogens (tertiary/aromatic N) is 1. The van der Waals surface area contributed by atoms with Crippen molar-refractivity contribution in [3.8, 4) is 5.75 Å². The maximum absolute atomic E-state index is 12.4. The van der Waals surface area contributed by atoms with Crippen molar-refractivity contribution in [1.29, 1.82) is 0 Å². The molecule has 1 aromatic carbocycles. The predicted molar refractivity (Wildman–Crippen MR) is 95.5 cm³/mol. The lowest BCUT2D eigenvalue weighted by Crippen LogP contribution is -2.46. The molecule has 0 aromatic heterocycles. The SMILES string of the molecule is COCCC[C@H]1CCCN(C(=O)NCCc2cccc(OC)c2)C1. The molecule has 0 radical (unpaired) electrons. The van der Waals surface area contributed by atoms with E-state index in [2.05, 4.69) is 11.4 Å². The maximum Gasteiger partial charge on any atom is 0.317 e. The fourth-order valence-corrected chi connectivity index (χ4v) is 3.26. The molecule has 1 heterocycles. The summed E-state index contributed by atoms with van der Waals surface area (Å²) in [7, 11) is 3.41. The van der Waals surface area contributed by atoms with Crippen LogP contribution in [0.15, 0.2) is 24.3 Å². The second-order valence-corrected chi connectivity index (χ2v) is 6.42. The van der Waals surface area contributed by atoms with Crippen LogP contribution in [0, 0.1) is 5.92 Å². The van der Waals surface area contributed by atoms with Crippen molar-refractivity contribution in [2.24, 2.45) is 5.92 Å². The minimum atomic E-state index is 0.0642. The number of carbonyl (C=O) groups excluding carboxylic acids is 1. The smallest absolute Gasteiger partial charge is 0.317 e. The van der Waals surface area contributed by atoms with Gasteiger partial charge in [0.2, 0.25) is 0 Å². The number of nitrogens with one attached hydrogen (secondary N) is 1. The van der Waals surface area contributed by atoms with Gasteiger partial charge in [0.25, 0.3) is 0 Å². The number of rotatable bonds is 8. The lowest BCUT2D eigenvalue weighted by molar-refractivity contribution is 0.149. The molecule has 1 fully saturated rings. The summed E-state index contributed by atoms with van der Waals surface area (Å²) in [6, 6.07) is 8.04. The average Bonchev–Trinajstić information content (AvgIpc) is 2.62. The Labute approximate surface area is 145 Å². The molecule has 1 atom stereocenters. The van der Waals surface area contributed by atoms with E-state index in [1.54, 1.807) is 14.2 Å². The Kier molecular flexibility index (Phi) is 7.89. The number of methoxy groups -OCH3 is 2. The minimum Gasteiger partial charge on any atom is -0.497 e. The number of carbonyl (C=O) groups is 1. The van der Waals surface area contributed by atoms with Crippen LogP contribution < -0.4 is 10.1 Å². The van der Waals surface area contributed by atoms with E-state index in [1.165, 1.54) is 12.0 Å². The van der Waals surface area contributed by atoms with Crippen LogP contribution in [-0.4, -0.2) is 51.4 Å². The zero-order valence-electron chi connectivity index (χ0n) is 14.9. The lowest BCUT2D eigenvalue weighted by atomic mass is 9.94. The van der Waals surface area contributed by atoms with Crippen LogP contribution in [0.2, 0.25) is 0 Å². The molecule has 0 spiro atoms. The molecule has 0 bridgehead atoms. The summed E-state index contributed by atoms with van der Waals surface area (Å²) in [4.78, 5) is 14.3. The zero-order valence-corrected chi connectivity index (χ0v) is 14.9. The Balaban J connectivity index is 1.71. The van der Waals surface area contributed by atoms with Crippen LogP contribution in [0.4, 0.5) is 4.79 Å². The Morgan fingerprint density at radius 1 is 1.38 bits per heavy atom. The molecule has 1 aliphatic rings. The van der Waals surface area contributed by atoms with E-state index in [0.717, 1.165) is 51.1 Å². The van der Waals surface area contributed by atoms with E-state index in [0.29, 0.717) is 12.5 Å². The Hall–Kier alpha value is -1.75. The van der Waals surface area contributed by atoms with Gasteiger partial charge in [-0.1, -0.05) is 12.1 Å². The highest BCUT2D eigenvalue weighted by molar-refractivity contribution is 5.74. The van der Waals surface area contributed by atoms with E-state index < -0.39 is 0 Å². The van der Waals surface area contributed by atoms with Gasteiger partial charge < -0.3 is 19.7 Å². The summed E-state index contributed by atoms with van der Waals surface area (Å²) in [5.41, 5.74) is 1.17. The first-order valence-corrected chi connectivity index (χ1v) is 8.87. The van der Waals surface area contributed by atoms with Gasteiger partial charge in [-0.3, -0.25) is 0 Å². The topological polar surface area (TPSA) is 50.8 Å². The molecule has 0 saturated carbocycles. The first kappa shape index (κ1) is 18.6. The first-order valence-electron chi connectivity index (χ1n) is 8.87. The molecule has 1 aliphatic heterocycles. The maximum atomic E-state index is 12.4. The average molecular weight is 334 g/mol. The fourth-order valence-electron chi connectivity index (χ4n) is 3.26. The third-order valence-electron chi connectivity index (χ3n) is 4.59. The Morgan fingerprint density at radius 2 is 2.25 bits per heavy atom. The van der Waals surface area contributed by atoms with Crippen molar-refractivity contribution in [2.75, 3.05) is 40.5 Å². The van der Waals surface area contributed by atoms with Crippen molar-refractivity contribution in [2.45, 2.75) is 32.1 Å². The van der Waals surface area contributed by atoms with Gasteiger partial charge >= 0.3 is 6.03 Å². The van der Waals surface area contributed by atoms with Crippen molar-refractivity contribution in [1.82, 2.24) is 10.2 Å². The fraction of sp³-hybridized carbons (Fsp3) is 0.632. The van der Waals surface area contributed by atoms with Gasteiger partial charge in [0.05, 0.1) is 7.11 Å². The van der Waals surface area contributed by atoms with Gasteiger partial charge in [-0.25, -0.2) is 4.79 Å². The summed E-state index contributed by atoms with van der Waals surface area (Å²) in [6.07, 6.45) is 5.35. The van der Waals surface area contributed by atoms with Crippen LogP contribution >= 0.6 is 0 Å². The van der Waals surface area contributed by atoms with Gasteiger partial charge in [0.1, 0.15) is 5.75 Å². The highest BCUT2D eigenvalue weighted by atomic mass is 16.5. The molecule has 5 heteroatoms. The number of benzene rings is 1. The molecule has 24 heavy (non-hydrogen) atoms. The number of piperidine rings is 1. The Morgan fingerprint density at radius 3 is 3.04 bits per heavy atom. The number of amides is 2. The first-order chi connectivity index (χ1) is 11.7. The monoisotopic (exact) mass is 334 g/mol. The van der Waals surface area contributed by atoms with Crippen LogP contribution in [0.25, 0.3) is 0 Å². The van der Waals surface area contributed by atoms with E-state index in [-0.39, 0.29) is 6.03 Å². The molecule has 1 aromatic rings. The second-order valence-electron chi connectivity index (χ2n) is 6.42. The Bertz CT molecular complexity index is 507. The highest BCUT2D eigenvalue weighted by Gasteiger charge is 2.22. The van der Waals surface area contributed by atoms with Crippen molar-refractivity contribution in [3.63, 3.8) is 0 Å². The van der Waals surface area contributed by atoms with Crippen LogP contribution in [0.1, 0.15) is 31.2 Å². The number of likely N-dealkylation sites (tertiary alicyclic amines) is 1. The van der Waals surface area contributed by atoms with E-state index in [9.17, 15) is 4.79 Å². The standard InChI is InChI=1S/C19H30N2O3/c1-23-13-5-8-17-7-4-12-21(15-17)19(22)20-11-10-16-6-3-9-18(14-16)24-2/h3,6,9,14,17H,4-5,7-8,10-13,15H2,1-2H3,(H,20,22)/t17-/m1/s1. The van der Waals surface area contributed by atoms with Gasteiger partial charge in [0.15, 0.2) is 0 Å². The van der Waals surface area contributed by atoms with Gasteiger partial charge in [-0.2, -0.15) is 0 Å². The van der Waals surface area contributed by atoms with Crippen LogP contribution in [0.5, 0.6) is 5.75 Å². The molecule has 1 N–H and O–H groups in total. The minimum absolute atomic E-state index is 0.0642. The largest absolute Gasteiger partial charge is 0.497 e. The van der Waals surface area contributed by atoms with Crippen LogP contribution in [0.3, 0.4) is 0 Å². The number of hydrogen-bond donors (Lipinski definition) is 1. The number of urea groups is 1. The third kappa shape index (κ3) is 6.04. The molecule has 1 saturated heterocycles. The summed E-state index contributed by atoms with van der Waals surface area (Å²) in [5.74, 6) is 1.46. The summed E-state index contributed by atoms with van der Waals surface area (Å²) in [5, 5.41) is 3.05. The molecular formula is C19H30N2O3. The summed E-state index contributed by atoms with van der Waals surface area (Å²) < 4.78 is 10.3. The predicted octanol–water partition coefficient (Wildman–Crippen LogP) is 3.09. The van der Waals surface area contributed by atoms with Crippen LogP contribution in [-0.2, 0) is 11.2 Å². The molecule has 134 valence electrons. The summed E-state index contributed by atoms with van der Waals surface area (Å²) in [6.45, 7) is 3.19. The molecule has 5 nitrogen and oxygen atoms in total. The second kappa shape index (κ2) is 10.2. The number of hydrogen-bond acceptors (Lipinski definition) is 3. The van der Waals surface area contributed by atoms with Crippen molar-refractivity contribution < 1.29 is 14.3 Å². The summed E-state index contributed by atoms with van der Waals surface area (Å²) >= 11 is 0. The number of ether oxygens (including phenoxy) is 2. The lowest BCUT2D eigenvalue weighted by Gasteiger charge is -2.32. The zero-order chi connectivity index (χ0) is 17.2. The van der Waals surface area contributed by atoms with Gasteiger partial charge in [-0.05, 0) is 55.7 Å². The third-order valence-corrected chi connectivity index (χ3v) is 4.59. The quantitative estimate of drug-likeness (QED) is 0.743. The van der Waals surface area contributed by atoms with Gasteiger partial charge in [-0.15, -0.1) is 0 Å². The van der Waals surface area contributed by atoms with E-state index in [1.807, 2.05) is 23.1 Å². The molecule has 2 amide bonds. The van der Waals surface area contributed by atoms with Gasteiger partial charge in [0, 0.05) is 33.4 Å². The highest BCUT2D eigenvalue weighted by Crippen LogP contribution is 2.21. The van der Waals surface area contributed by atoms with E-state index >= 15 is 0 Å².